The molecule has 1 heterocycles. The summed E-state index contributed by atoms with van der Waals surface area (Å²) in [4.78, 5) is 4.33. The van der Waals surface area contributed by atoms with E-state index in [1.807, 2.05) is 30.3 Å². The van der Waals surface area contributed by atoms with Gasteiger partial charge in [-0.15, -0.1) is 0 Å². The van der Waals surface area contributed by atoms with Crippen molar-refractivity contribution in [3.05, 3.63) is 59.4 Å². The average molecular weight is 274 g/mol. The number of para-hydroxylation sites is 1. The van der Waals surface area contributed by atoms with Crippen molar-refractivity contribution in [1.29, 1.82) is 0 Å². The van der Waals surface area contributed by atoms with E-state index in [1.54, 1.807) is 12.3 Å². The van der Waals surface area contributed by atoms with Gasteiger partial charge >= 0.3 is 0 Å². The van der Waals surface area contributed by atoms with Gasteiger partial charge in [0, 0.05) is 11.8 Å². The van der Waals surface area contributed by atoms with Gasteiger partial charge in [-0.1, -0.05) is 30.4 Å². The summed E-state index contributed by atoms with van der Waals surface area (Å²) in [6.07, 6.45) is 1.64. The smallest absolute Gasteiger partial charge is 0.125 e. The summed E-state index contributed by atoms with van der Waals surface area (Å²) < 4.78 is 5.68. The van der Waals surface area contributed by atoms with E-state index in [9.17, 15) is 5.11 Å². The van der Waals surface area contributed by atoms with Gasteiger partial charge < -0.3 is 15.6 Å². The lowest BCUT2D eigenvalue weighted by Crippen LogP contribution is -2.12. The molecule has 1 aromatic heterocycles. The second-order valence-electron chi connectivity index (χ2n) is 3.97. The number of hydrogen-bond acceptors (Lipinski definition) is 4. The van der Waals surface area contributed by atoms with Crippen LogP contribution >= 0.6 is 12.2 Å². The summed E-state index contributed by atoms with van der Waals surface area (Å²) >= 11 is 4.88. The highest BCUT2D eigenvalue weighted by Gasteiger charge is 2.04. The molecule has 98 valence electrons. The first-order chi connectivity index (χ1) is 9.20. The summed E-state index contributed by atoms with van der Waals surface area (Å²) in [5.41, 5.74) is 7.78. The highest BCUT2D eigenvalue weighted by atomic mass is 32.1. The molecule has 3 N–H and O–H groups in total. The number of ether oxygens (including phenoxy) is 1. The molecule has 0 aliphatic heterocycles. The highest BCUT2D eigenvalue weighted by Crippen LogP contribution is 2.19. The predicted octanol–water partition coefficient (Wildman–Crippen LogP) is 1.79. The molecule has 0 fully saturated rings. The fraction of sp³-hybridized carbons (Fsp3) is 0.143. The van der Waals surface area contributed by atoms with Crippen molar-refractivity contribution >= 4 is 17.2 Å². The van der Waals surface area contributed by atoms with E-state index in [1.165, 1.54) is 0 Å². The second-order valence-corrected chi connectivity index (χ2v) is 4.41. The van der Waals surface area contributed by atoms with Crippen LogP contribution in [0.2, 0.25) is 0 Å². The molecule has 0 saturated heterocycles. The summed E-state index contributed by atoms with van der Waals surface area (Å²) in [7, 11) is 0. The first kappa shape index (κ1) is 13.5. The van der Waals surface area contributed by atoms with Crippen LogP contribution in [0.4, 0.5) is 0 Å². The lowest BCUT2D eigenvalue weighted by molar-refractivity contribution is 0.259. The fourth-order valence-electron chi connectivity index (χ4n) is 1.64. The number of pyridine rings is 1. The third-order valence-corrected chi connectivity index (χ3v) is 2.82. The monoisotopic (exact) mass is 274 g/mol. The molecule has 0 aliphatic rings. The maximum absolute atomic E-state index is 9.21. The van der Waals surface area contributed by atoms with Gasteiger partial charge in [0.05, 0.1) is 12.3 Å². The third-order valence-electron chi connectivity index (χ3n) is 2.61. The molecule has 2 aromatic rings. The Morgan fingerprint density at radius 2 is 2.11 bits per heavy atom. The molecular formula is C14H14N2O2S. The van der Waals surface area contributed by atoms with Crippen molar-refractivity contribution in [3.63, 3.8) is 0 Å². The van der Waals surface area contributed by atoms with Gasteiger partial charge in [0.25, 0.3) is 0 Å². The number of nitrogens with two attached hydrogens (primary N) is 1. The molecule has 0 spiro atoms. The first-order valence-electron chi connectivity index (χ1n) is 5.77. The average Bonchev–Trinajstić information content (AvgIpc) is 2.45. The number of nitrogens with zero attached hydrogens (tertiary/aromatic N) is 1. The molecule has 4 nitrogen and oxygen atoms in total. The molecule has 5 heteroatoms. The fourth-order valence-corrected chi connectivity index (χ4v) is 1.75. The first-order valence-corrected chi connectivity index (χ1v) is 6.18. The highest BCUT2D eigenvalue weighted by molar-refractivity contribution is 7.80. The summed E-state index contributed by atoms with van der Waals surface area (Å²) in [5.74, 6) is 0.665. The zero-order valence-electron chi connectivity index (χ0n) is 10.2. The van der Waals surface area contributed by atoms with Crippen LogP contribution in [0.25, 0.3) is 0 Å². The number of rotatable bonds is 5. The van der Waals surface area contributed by atoms with Crippen molar-refractivity contribution in [2.24, 2.45) is 5.73 Å². The Labute approximate surface area is 116 Å². The van der Waals surface area contributed by atoms with Gasteiger partial charge in [0.2, 0.25) is 0 Å². The lowest BCUT2D eigenvalue weighted by atomic mass is 10.2. The molecule has 0 unspecified atom stereocenters. The van der Waals surface area contributed by atoms with Crippen LogP contribution in [0.15, 0.2) is 42.6 Å². The van der Waals surface area contributed by atoms with Crippen molar-refractivity contribution in [1.82, 2.24) is 4.98 Å². The zero-order valence-corrected chi connectivity index (χ0v) is 11.1. The van der Waals surface area contributed by atoms with Gasteiger partial charge in [-0.25, -0.2) is 0 Å². The minimum Gasteiger partial charge on any atom is -0.489 e. The maximum atomic E-state index is 9.21. The molecule has 0 atom stereocenters. The topological polar surface area (TPSA) is 68.4 Å². The summed E-state index contributed by atoms with van der Waals surface area (Å²) in [5, 5.41) is 9.21. The molecule has 19 heavy (non-hydrogen) atoms. The van der Waals surface area contributed by atoms with Crippen LogP contribution < -0.4 is 10.5 Å². The van der Waals surface area contributed by atoms with E-state index < -0.39 is 0 Å². The van der Waals surface area contributed by atoms with Crippen LogP contribution in [0.3, 0.4) is 0 Å². The van der Waals surface area contributed by atoms with Crippen LogP contribution in [0.5, 0.6) is 5.75 Å². The molecule has 0 saturated carbocycles. The number of aliphatic hydroxyl groups excluding tert-OH is 1. The standard InChI is InChI=1S/C14H14N2O2S/c15-14(19)12-7-10(5-6-16-12)9-18-13-4-2-1-3-11(13)8-17/h1-7,17H,8-9H2,(H2,15,19). The molecule has 2 rings (SSSR count). The summed E-state index contributed by atoms with van der Waals surface area (Å²) in [6, 6.07) is 11.0. The van der Waals surface area contributed by atoms with E-state index in [2.05, 4.69) is 4.98 Å². The van der Waals surface area contributed by atoms with Gasteiger partial charge in [-0.3, -0.25) is 4.98 Å². The van der Waals surface area contributed by atoms with Gasteiger partial charge in [0.1, 0.15) is 17.3 Å². The SMILES string of the molecule is NC(=S)c1cc(COc2ccccc2CO)ccn1. The Balaban J connectivity index is 2.10. The number of aliphatic hydroxyl groups is 1. The molecule has 1 aromatic carbocycles. The molecule has 0 amide bonds. The van der Waals surface area contributed by atoms with Crippen molar-refractivity contribution in [2.45, 2.75) is 13.2 Å². The Hall–Kier alpha value is -1.98. The Kier molecular flexibility index (Phi) is 4.43. The lowest BCUT2D eigenvalue weighted by Gasteiger charge is -2.10. The van der Waals surface area contributed by atoms with E-state index in [0.29, 0.717) is 18.1 Å². The Morgan fingerprint density at radius 1 is 1.32 bits per heavy atom. The molecule has 0 radical (unpaired) electrons. The minimum absolute atomic E-state index is 0.0509. The number of hydrogen-bond donors (Lipinski definition) is 2. The predicted molar refractivity (Wildman–Crippen MR) is 76.8 cm³/mol. The van der Waals surface area contributed by atoms with Gasteiger partial charge in [0.15, 0.2) is 0 Å². The maximum Gasteiger partial charge on any atom is 0.125 e. The van der Waals surface area contributed by atoms with Gasteiger partial charge in [-0.2, -0.15) is 0 Å². The molecule has 0 bridgehead atoms. The van der Waals surface area contributed by atoms with E-state index in [-0.39, 0.29) is 11.6 Å². The van der Waals surface area contributed by atoms with Crippen molar-refractivity contribution in [2.75, 3.05) is 0 Å². The van der Waals surface area contributed by atoms with E-state index >= 15 is 0 Å². The minimum atomic E-state index is -0.0509. The van der Waals surface area contributed by atoms with Crippen molar-refractivity contribution in [3.8, 4) is 5.75 Å². The largest absolute Gasteiger partial charge is 0.489 e. The van der Waals surface area contributed by atoms with E-state index in [4.69, 9.17) is 22.7 Å². The number of benzene rings is 1. The van der Waals surface area contributed by atoms with Crippen LogP contribution in [0, 0.1) is 0 Å². The van der Waals surface area contributed by atoms with Crippen LogP contribution in [-0.4, -0.2) is 15.1 Å². The molecular weight excluding hydrogens is 260 g/mol. The molecule has 0 aliphatic carbocycles. The second kappa shape index (κ2) is 6.26. The Bertz CT molecular complexity index is 587. The number of aromatic nitrogens is 1. The third kappa shape index (κ3) is 3.49. The Morgan fingerprint density at radius 3 is 2.84 bits per heavy atom. The van der Waals surface area contributed by atoms with Crippen LogP contribution in [-0.2, 0) is 13.2 Å². The van der Waals surface area contributed by atoms with Gasteiger partial charge in [-0.05, 0) is 23.8 Å². The zero-order chi connectivity index (χ0) is 13.7. The normalized spacial score (nSPS) is 10.2. The number of thiocarbonyl (C=S) groups is 1. The van der Waals surface area contributed by atoms with E-state index in [0.717, 1.165) is 11.1 Å². The van der Waals surface area contributed by atoms with Crippen LogP contribution in [0.1, 0.15) is 16.8 Å². The summed E-state index contributed by atoms with van der Waals surface area (Å²) in [6.45, 7) is 0.319. The quantitative estimate of drug-likeness (QED) is 0.814. The van der Waals surface area contributed by atoms with Crippen molar-refractivity contribution < 1.29 is 9.84 Å².